The third kappa shape index (κ3) is 5.30. The zero-order chi connectivity index (χ0) is 18.2. The van der Waals surface area contributed by atoms with Crippen molar-refractivity contribution in [3.63, 3.8) is 0 Å². The maximum atomic E-state index is 12.9. The van der Waals surface area contributed by atoms with Gasteiger partial charge in [-0.1, -0.05) is 50.6 Å². The summed E-state index contributed by atoms with van der Waals surface area (Å²) >= 11 is 0. The van der Waals surface area contributed by atoms with Crippen molar-refractivity contribution in [1.82, 2.24) is 10.2 Å². The summed E-state index contributed by atoms with van der Waals surface area (Å²) in [4.78, 5) is 26.9. The first kappa shape index (κ1) is 19.4. The summed E-state index contributed by atoms with van der Waals surface area (Å²) in [7, 11) is 0. The van der Waals surface area contributed by atoms with Gasteiger partial charge in [-0.2, -0.15) is 0 Å². The first-order chi connectivity index (χ1) is 12.1. The van der Waals surface area contributed by atoms with Gasteiger partial charge >= 0.3 is 0 Å². The van der Waals surface area contributed by atoms with Crippen LogP contribution in [0.5, 0.6) is 0 Å². The van der Waals surface area contributed by atoms with Crippen molar-refractivity contribution in [2.24, 2.45) is 5.73 Å². The first-order valence-corrected chi connectivity index (χ1v) is 9.46. The Hall–Kier alpha value is -1.88. The van der Waals surface area contributed by atoms with Crippen LogP contribution in [0, 0.1) is 0 Å². The Balaban J connectivity index is 1.86. The summed E-state index contributed by atoms with van der Waals surface area (Å²) in [6, 6.07) is 9.67. The van der Waals surface area contributed by atoms with Crippen LogP contribution >= 0.6 is 0 Å². The molecule has 5 nitrogen and oxygen atoms in total. The number of amides is 2. The van der Waals surface area contributed by atoms with Crippen LogP contribution in [0.4, 0.5) is 0 Å². The minimum atomic E-state index is -0.424. The van der Waals surface area contributed by atoms with Crippen LogP contribution in [0.3, 0.4) is 0 Å². The Kier molecular flexibility index (Phi) is 7.44. The lowest BCUT2D eigenvalue weighted by molar-refractivity contribution is -0.134. The average Bonchev–Trinajstić information content (AvgIpc) is 2.64. The fraction of sp³-hybridized carbons (Fsp3) is 0.600. The van der Waals surface area contributed by atoms with E-state index in [2.05, 4.69) is 12.2 Å². The molecule has 1 aromatic carbocycles. The van der Waals surface area contributed by atoms with E-state index in [-0.39, 0.29) is 23.8 Å². The Morgan fingerprint density at radius 3 is 2.40 bits per heavy atom. The smallest absolute Gasteiger partial charge is 0.237 e. The molecule has 2 unspecified atom stereocenters. The van der Waals surface area contributed by atoms with Gasteiger partial charge in [-0.15, -0.1) is 0 Å². The number of hydrogen-bond acceptors (Lipinski definition) is 3. The molecule has 0 saturated carbocycles. The van der Waals surface area contributed by atoms with Crippen LogP contribution in [0.1, 0.15) is 57.4 Å². The molecule has 3 N–H and O–H groups in total. The van der Waals surface area contributed by atoms with Crippen molar-refractivity contribution in [1.29, 1.82) is 0 Å². The summed E-state index contributed by atoms with van der Waals surface area (Å²) in [5, 5.41) is 3.04. The highest BCUT2D eigenvalue weighted by atomic mass is 16.2. The molecule has 0 bridgehead atoms. The summed E-state index contributed by atoms with van der Waals surface area (Å²) in [6.45, 7) is 5.46. The predicted molar refractivity (Wildman–Crippen MR) is 100 cm³/mol. The maximum Gasteiger partial charge on any atom is 0.237 e. The number of piperidine rings is 1. The lowest BCUT2D eigenvalue weighted by Crippen LogP contribution is -2.51. The average molecular weight is 345 g/mol. The zero-order valence-corrected chi connectivity index (χ0v) is 15.4. The summed E-state index contributed by atoms with van der Waals surface area (Å²) in [5.41, 5.74) is 6.95. The fourth-order valence-corrected chi connectivity index (χ4v) is 3.45. The number of nitrogens with one attached hydrogen (secondary N) is 1. The van der Waals surface area contributed by atoms with Gasteiger partial charge in [0.15, 0.2) is 0 Å². The molecule has 25 heavy (non-hydrogen) atoms. The first-order valence-electron chi connectivity index (χ1n) is 9.46. The Morgan fingerprint density at radius 2 is 1.84 bits per heavy atom. The van der Waals surface area contributed by atoms with E-state index in [1.807, 2.05) is 42.2 Å². The molecule has 0 aliphatic carbocycles. The van der Waals surface area contributed by atoms with E-state index in [0.717, 1.165) is 31.2 Å². The largest absolute Gasteiger partial charge is 0.352 e. The van der Waals surface area contributed by atoms with Gasteiger partial charge in [-0.05, 0) is 31.2 Å². The van der Waals surface area contributed by atoms with Crippen LogP contribution in [0.2, 0.25) is 0 Å². The van der Waals surface area contributed by atoms with Gasteiger partial charge in [0.05, 0.1) is 12.0 Å². The highest BCUT2D eigenvalue weighted by molar-refractivity contribution is 5.84. The van der Waals surface area contributed by atoms with Crippen LogP contribution in [-0.4, -0.2) is 41.9 Å². The van der Waals surface area contributed by atoms with Crippen molar-refractivity contribution in [3.8, 4) is 0 Å². The second-order valence-electron chi connectivity index (χ2n) is 6.87. The van der Waals surface area contributed by atoms with E-state index < -0.39 is 6.04 Å². The van der Waals surface area contributed by atoms with E-state index in [1.54, 1.807) is 0 Å². The molecule has 1 aromatic rings. The van der Waals surface area contributed by atoms with Gasteiger partial charge in [0.25, 0.3) is 0 Å². The van der Waals surface area contributed by atoms with E-state index in [4.69, 9.17) is 5.73 Å². The van der Waals surface area contributed by atoms with Gasteiger partial charge in [0.2, 0.25) is 11.8 Å². The van der Waals surface area contributed by atoms with Gasteiger partial charge in [0.1, 0.15) is 0 Å². The van der Waals surface area contributed by atoms with Gasteiger partial charge in [0, 0.05) is 19.1 Å². The topological polar surface area (TPSA) is 75.4 Å². The minimum absolute atomic E-state index is 0.0673. The predicted octanol–water partition coefficient (Wildman–Crippen LogP) is 2.41. The molecule has 5 heteroatoms. The number of rotatable bonds is 7. The maximum absolute atomic E-state index is 12.9. The lowest BCUT2D eigenvalue weighted by atomic mass is 9.93. The molecule has 0 spiro atoms. The molecule has 1 fully saturated rings. The Bertz CT molecular complexity index is 553. The highest BCUT2D eigenvalue weighted by Crippen LogP contribution is 2.24. The molecule has 2 rings (SSSR count). The molecule has 0 radical (unpaired) electrons. The number of carbonyl (C=O) groups excluding carboxylic acids is 2. The van der Waals surface area contributed by atoms with E-state index >= 15 is 0 Å². The number of benzene rings is 1. The molecule has 1 aliphatic rings. The van der Waals surface area contributed by atoms with E-state index in [1.165, 1.54) is 0 Å². The molecule has 2 amide bonds. The van der Waals surface area contributed by atoms with Crippen molar-refractivity contribution >= 4 is 11.8 Å². The second-order valence-corrected chi connectivity index (χ2v) is 6.87. The molecule has 1 aliphatic heterocycles. The van der Waals surface area contributed by atoms with Crippen molar-refractivity contribution in [2.45, 2.75) is 64.0 Å². The van der Waals surface area contributed by atoms with Crippen LogP contribution < -0.4 is 11.1 Å². The van der Waals surface area contributed by atoms with E-state index in [9.17, 15) is 9.59 Å². The number of carbonyl (C=O) groups is 2. The third-order valence-corrected chi connectivity index (χ3v) is 5.00. The number of nitrogens with two attached hydrogens (primary N) is 1. The molecular weight excluding hydrogens is 314 g/mol. The van der Waals surface area contributed by atoms with Crippen LogP contribution in [-0.2, 0) is 9.59 Å². The van der Waals surface area contributed by atoms with Crippen molar-refractivity contribution < 1.29 is 9.59 Å². The van der Waals surface area contributed by atoms with Crippen molar-refractivity contribution in [2.75, 3.05) is 13.1 Å². The second kappa shape index (κ2) is 9.56. The number of likely N-dealkylation sites (tertiary alicyclic amines) is 1. The van der Waals surface area contributed by atoms with Gasteiger partial charge in [-0.3, -0.25) is 9.59 Å². The highest BCUT2D eigenvalue weighted by Gasteiger charge is 2.29. The summed E-state index contributed by atoms with van der Waals surface area (Å²) < 4.78 is 0. The number of hydrogen-bond donors (Lipinski definition) is 2. The molecule has 0 aromatic heterocycles. The molecule has 138 valence electrons. The summed E-state index contributed by atoms with van der Waals surface area (Å²) in [5.74, 6) is 0.0498. The molecule has 1 saturated heterocycles. The number of nitrogens with zero attached hydrogens (tertiary/aromatic N) is 1. The quantitative estimate of drug-likeness (QED) is 0.797. The lowest BCUT2D eigenvalue weighted by Gasteiger charge is -2.35. The molecule has 1 heterocycles. The van der Waals surface area contributed by atoms with Crippen LogP contribution in [0.15, 0.2) is 30.3 Å². The van der Waals surface area contributed by atoms with Gasteiger partial charge < -0.3 is 16.0 Å². The van der Waals surface area contributed by atoms with E-state index in [0.29, 0.717) is 19.5 Å². The minimum Gasteiger partial charge on any atom is -0.352 e. The fourth-order valence-electron chi connectivity index (χ4n) is 3.45. The molecule has 2 atom stereocenters. The Labute approximate surface area is 151 Å². The monoisotopic (exact) mass is 345 g/mol. The van der Waals surface area contributed by atoms with Crippen molar-refractivity contribution in [3.05, 3.63) is 35.9 Å². The normalized spacial score (nSPS) is 17.8. The zero-order valence-electron chi connectivity index (χ0n) is 15.4. The Morgan fingerprint density at radius 1 is 1.20 bits per heavy atom. The standard InChI is InChI=1S/C20H31N3O2/c1-3-8-18(21)19(24)22-16-11-13-23(14-12-16)20(25)17(4-2)15-9-6-5-7-10-15/h5-7,9-10,16-18H,3-4,8,11-14,21H2,1-2H3,(H,22,24). The van der Waals surface area contributed by atoms with Crippen LogP contribution in [0.25, 0.3) is 0 Å². The summed E-state index contributed by atoms with van der Waals surface area (Å²) in [6.07, 6.45) is 3.99. The SMILES string of the molecule is CCCC(N)C(=O)NC1CCN(C(=O)C(CC)c2ccccc2)CC1. The van der Waals surface area contributed by atoms with Gasteiger partial charge in [-0.25, -0.2) is 0 Å². The third-order valence-electron chi connectivity index (χ3n) is 5.00. The molecular formula is C20H31N3O2.